The van der Waals surface area contributed by atoms with Crippen LogP contribution in [0, 0.1) is 5.92 Å². The van der Waals surface area contributed by atoms with Crippen LogP contribution in [0.25, 0.3) is 0 Å². The monoisotopic (exact) mass is 352 g/mol. The number of hydrogen-bond donors (Lipinski definition) is 1. The maximum atomic E-state index is 3.81. The lowest BCUT2D eigenvalue weighted by Gasteiger charge is -2.34. The molecule has 1 aromatic carbocycles. The Bertz CT molecular complexity index is 453. The van der Waals surface area contributed by atoms with Gasteiger partial charge in [0, 0.05) is 23.1 Å². The van der Waals surface area contributed by atoms with Gasteiger partial charge in [0.1, 0.15) is 0 Å². The van der Waals surface area contributed by atoms with Crippen LogP contribution >= 0.6 is 15.9 Å². The Hall–Kier alpha value is -0.540. The Kier molecular flexibility index (Phi) is 6.12. The van der Waals surface area contributed by atoms with Gasteiger partial charge in [0.25, 0.3) is 0 Å². The number of rotatable bonds is 6. The Balaban J connectivity index is 2.26. The van der Waals surface area contributed by atoms with Crippen molar-refractivity contribution in [3.63, 3.8) is 0 Å². The predicted octanol–water partition coefficient (Wildman–Crippen LogP) is 5.13. The van der Waals surface area contributed by atoms with Crippen LogP contribution in [0.15, 0.2) is 22.7 Å². The number of anilines is 1. The van der Waals surface area contributed by atoms with Gasteiger partial charge in [0.2, 0.25) is 0 Å². The van der Waals surface area contributed by atoms with Crippen LogP contribution in [-0.2, 0) is 0 Å². The fourth-order valence-electron chi connectivity index (χ4n) is 3.25. The molecule has 0 amide bonds. The van der Waals surface area contributed by atoms with Gasteiger partial charge in [0.05, 0.1) is 5.69 Å². The van der Waals surface area contributed by atoms with E-state index < -0.39 is 0 Å². The van der Waals surface area contributed by atoms with Gasteiger partial charge in [0.15, 0.2) is 0 Å². The van der Waals surface area contributed by atoms with Crippen LogP contribution in [0.1, 0.15) is 58.1 Å². The zero-order valence-corrected chi connectivity index (χ0v) is 15.4. The topological polar surface area (TPSA) is 15.3 Å². The van der Waals surface area contributed by atoms with Gasteiger partial charge in [-0.1, -0.05) is 32.8 Å². The first-order valence-corrected chi connectivity index (χ1v) is 9.05. The van der Waals surface area contributed by atoms with E-state index in [9.17, 15) is 0 Å². The van der Waals surface area contributed by atoms with Crippen LogP contribution in [0.3, 0.4) is 0 Å². The molecule has 118 valence electrons. The number of benzene rings is 1. The van der Waals surface area contributed by atoms with Crippen LogP contribution in [0.2, 0.25) is 0 Å². The molecule has 0 radical (unpaired) electrons. The highest BCUT2D eigenvalue weighted by Gasteiger charge is 2.25. The lowest BCUT2D eigenvalue weighted by molar-refractivity contribution is 0.535. The minimum Gasteiger partial charge on any atom is -0.367 e. The van der Waals surface area contributed by atoms with E-state index in [0.29, 0.717) is 12.0 Å². The van der Waals surface area contributed by atoms with E-state index in [2.05, 4.69) is 65.1 Å². The predicted molar refractivity (Wildman–Crippen MR) is 96.1 cm³/mol. The molecule has 0 aliphatic heterocycles. The third-order valence-corrected chi connectivity index (χ3v) is 5.18. The molecule has 1 aromatic rings. The van der Waals surface area contributed by atoms with Gasteiger partial charge in [-0.25, -0.2) is 0 Å². The lowest BCUT2D eigenvalue weighted by Crippen LogP contribution is -2.36. The Morgan fingerprint density at radius 3 is 2.43 bits per heavy atom. The molecule has 1 saturated carbocycles. The first-order chi connectivity index (χ1) is 10.0. The van der Waals surface area contributed by atoms with E-state index in [1.54, 1.807) is 0 Å². The van der Waals surface area contributed by atoms with E-state index in [0.717, 1.165) is 12.6 Å². The van der Waals surface area contributed by atoms with Gasteiger partial charge in [-0.2, -0.15) is 0 Å². The lowest BCUT2D eigenvalue weighted by atomic mass is 10.1. The molecule has 1 N–H and O–H groups in total. The fraction of sp³-hybridized carbons (Fsp3) is 0.667. The van der Waals surface area contributed by atoms with Crippen molar-refractivity contribution in [3.05, 3.63) is 28.2 Å². The molecular formula is C18H29BrN2. The van der Waals surface area contributed by atoms with Crippen molar-refractivity contribution in [1.82, 2.24) is 5.32 Å². The second-order valence-corrected chi connectivity index (χ2v) is 7.56. The summed E-state index contributed by atoms with van der Waals surface area (Å²) in [6, 6.07) is 7.95. The third kappa shape index (κ3) is 4.23. The fourth-order valence-corrected chi connectivity index (χ4v) is 3.87. The number of hydrogen-bond acceptors (Lipinski definition) is 2. The van der Waals surface area contributed by atoms with Gasteiger partial charge in [-0.05, 0) is 66.4 Å². The van der Waals surface area contributed by atoms with E-state index in [-0.39, 0.29) is 0 Å². The Morgan fingerprint density at radius 2 is 1.90 bits per heavy atom. The molecule has 0 spiro atoms. The highest BCUT2D eigenvalue weighted by Crippen LogP contribution is 2.35. The minimum absolute atomic E-state index is 0.389. The number of nitrogens with zero attached hydrogens (tertiary/aromatic N) is 1. The summed E-state index contributed by atoms with van der Waals surface area (Å²) in [5, 5.41) is 3.31. The zero-order chi connectivity index (χ0) is 15.4. The summed E-state index contributed by atoms with van der Waals surface area (Å²) in [5.41, 5.74) is 2.70. The van der Waals surface area contributed by atoms with E-state index in [4.69, 9.17) is 0 Å². The molecule has 3 heteroatoms. The normalized spacial score (nSPS) is 17.4. The second-order valence-electron chi connectivity index (χ2n) is 6.71. The summed E-state index contributed by atoms with van der Waals surface area (Å²) in [5.74, 6) is 0.688. The molecule has 1 aliphatic rings. The summed E-state index contributed by atoms with van der Waals surface area (Å²) in [6.07, 6.45) is 5.44. The van der Waals surface area contributed by atoms with Gasteiger partial charge in [-0.3, -0.25) is 0 Å². The average Bonchev–Trinajstić information content (AvgIpc) is 2.98. The molecule has 1 aliphatic carbocycles. The Morgan fingerprint density at radius 1 is 1.24 bits per heavy atom. The van der Waals surface area contributed by atoms with Crippen molar-refractivity contribution < 1.29 is 0 Å². The number of nitrogens with one attached hydrogen (secondary N) is 1. The first-order valence-electron chi connectivity index (χ1n) is 8.26. The molecule has 1 fully saturated rings. The minimum atomic E-state index is 0.389. The van der Waals surface area contributed by atoms with Gasteiger partial charge in [-0.15, -0.1) is 0 Å². The molecule has 1 unspecified atom stereocenters. The molecule has 0 heterocycles. The standard InChI is InChI=1S/C18H29BrN2/c1-13(2)12-21(16-7-5-6-8-16)18-10-9-15(11-17(18)19)14(3)20-4/h9-11,13-14,16,20H,5-8,12H2,1-4H3. The maximum Gasteiger partial charge on any atom is 0.0513 e. The molecular weight excluding hydrogens is 324 g/mol. The average molecular weight is 353 g/mol. The largest absolute Gasteiger partial charge is 0.367 e. The molecule has 2 nitrogen and oxygen atoms in total. The summed E-state index contributed by atoms with van der Waals surface area (Å²) >= 11 is 3.81. The van der Waals surface area contributed by atoms with E-state index >= 15 is 0 Å². The quantitative estimate of drug-likeness (QED) is 0.762. The van der Waals surface area contributed by atoms with Crippen LogP contribution < -0.4 is 10.2 Å². The maximum absolute atomic E-state index is 3.81. The Labute approximate surface area is 138 Å². The smallest absolute Gasteiger partial charge is 0.0513 e. The van der Waals surface area contributed by atoms with Crippen molar-refractivity contribution in [2.75, 3.05) is 18.5 Å². The molecule has 0 bridgehead atoms. The van der Waals surface area contributed by atoms with Crippen molar-refractivity contribution in [1.29, 1.82) is 0 Å². The summed E-state index contributed by atoms with van der Waals surface area (Å²) < 4.78 is 1.23. The van der Waals surface area contributed by atoms with Crippen LogP contribution in [-0.4, -0.2) is 19.6 Å². The molecule has 21 heavy (non-hydrogen) atoms. The third-order valence-electron chi connectivity index (χ3n) is 4.54. The van der Waals surface area contributed by atoms with E-state index in [1.165, 1.54) is 41.4 Å². The highest BCUT2D eigenvalue weighted by atomic mass is 79.9. The van der Waals surface area contributed by atoms with Crippen molar-refractivity contribution in [3.8, 4) is 0 Å². The van der Waals surface area contributed by atoms with E-state index in [1.807, 2.05) is 7.05 Å². The zero-order valence-electron chi connectivity index (χ0n) is 13.8. The molecule has 1 atom stereocenters. The SMILES string of the molecule is CNC(C)c1ccc(N(CC(C)C)C2CCCC2)c(Br)c1. The molecule has 0 aromatic heterocycles. The first kappa shape index (κ1) is 16.8. The van der Waals surface area contributed by atoms with Crippen molar-refractivity contribution in [2.45, 2.75) is 58.5 Å². The van der Waals surface area contributed by atoms with Gasteiger partial charge >= 0.3 is 0 Å². The highest BCUT2D eigenvalue weighted by molar-refractivity contribution is 9.10. The molecule has 2 rings (SSSR count). The number of halogens is 1. The molecule has 0 saturated heterocycles. The van der Waals surface area contributed by atoms with Crippen molar-refractivity contribution >= 4 is 21.6 Å². The summed E-state index contributed by atoms with van der Waals surface area (Å²) in [7, 11) is 2.01. The van der Waals surface area contributed by atoms with Crippen molar-refractivity contribution in [2.24, 2.45) is 5.92 Å². The second kappa shape index (κ2) is 7.64. The summed E-state index contributed by atoms with van der Waals surface area (Å²) in [6.45, 7) is 7.97. The van der Waals surface area contributed by atoms with Crippen LogP contribution in [0.5, 0.6) is 0 Å². The summed E-state index contributed by atoms with van der Waals surface area (Å²) in [4.78, 5) is 2.63. The van der Waals surface area contributed by atoms with Gasteiger partial charge < -0.3 is 10.2 Å². The van der Waals surface area contributed by atoms with Crippen LogP contribution in [0.4, 0.5) is 5.69 Å².